The molecular weight excluding hydrogens is 1100 g/mol. The number of hydrogen-bond donors (Lipinski definition) is 1. The van der Waals surface area contributed by atoms with Gasteiger partial charge in [-0.2, -0.15) is 0 Å². The summed E-state index contributed by atoms with van der Waals surface area (Å²) in [5.74, 6) is -1.92. The van der Waals surface area contributed by atoms with E-state index < -0.39 is 39.0 Å². The molecule has 0 fully saturated rings. The molecule has 15 nitrogen and oxygen atoms in total. The van der Waals surface area contributed by atoms with E-state index in [4.69, 9.17) is 34.8 Å². The van der Waals surface area contributed by atoms with Crippen LogP contribution in [0.15, 0.2) is 158 Å². The maximum Gasteiger partial charge on any atom is 0.304 e. The van der Waals surface area contributed by atoms with Gasteiger partial charge in [-0.3, -0.25) is 33.7 Å². The first-order valence-corrected chi connectivity index (χ1v) is 24.8. The number of likely N-dealkylation sites (N-methyl/N-ethyl adjacent to an activating group) is 1. The summed E-state index contributed by atoms with van der Waals surface area (Å²) in [7, 11) is 5.77. The van der Waals surface area contributed by atoms with E-state index in [1.54, 1.807) is 70.2 Å². The molecule has 0 bridgehead atoms. The van der Waals surface area contributed by atoms with Gasteiger partial charge >= 0.3 is 16.4 Å². The number of ketones is 2. The quantitative estimate of drug-likeness (QED) is 0.0561. The summed E-state index contributed by atoms with van der Waals surface area (Å²) < 4.78 is 29.5. The standard InChI is InChI=1S/C22H16ClFN4O2.C11H9ClFN3.C11H8ClNO2.C9H11N.C2Cl2O2/c1-27-13-17(16-4-2-3-5-18(16)27)20(29)21(30)28(19-10-11-25-22(23)26-19)12-14-6-8-15(24)9-7-14;12-11-14-6-5-10(16-11)15-7-8-1-3-9(13)4-2-8;1-13-6-8(10(14)11(12)15)7-4-2-3-5-9(7)13;1-10-7-6-8-4-2-3-5-9(8)10;3-1(5)2(4)6/h2-11,13H,12H2,1H3;1-6H,7H2,(H,14,15,16);2-6H,1H3;2-5H,6-7H2,1H3;. The van der Waals surface area contributed by atoms with Crippen LogP contribution in [0.3, 0.4) is 0 Å². The molecule has 1 aliphatic heterocycles. The Morgan fingerprint density at radius 3 is 1.60 bits per heavy atom. The third kappa shape index (κ3) is 16.3. The van der Waals surface area contributed by atoms with Gasteiger partial charge in [-0.1, -0.05) is 78.9 Å². The Balaban J connectivity index is 0.000000173. The van der Waals surface area contributed by atoms with Gasteiger partial charge in [0.05, 0.1) is 17.7 Å². The third-order valence-corrected chi connectivity index (χ3v) is 12.3. The predicted octanol–water partition coefficient (Wildman–Crippen LogP) is 11.4. The fourth-order valence-electron chi connectivity index (χ4n) is 7.63. The third-order valence-electron chi connectivity index (χ3n) is 11.3. The van der Waals surface area contributed by atoms with Gasteiger partial charge in [-0.15, -0.1) is 0 Å². The molecule has 1 amide bonds. The number of halogens is 7. The Morgan fingerprint density at radius 1 is 0.584 bits per heavy atom. The van der Waals surface area contributed by atoms with Crippen molar-refractivity contribution in [2.24, 2.45) is 14.1 Å². The van der Waals surface area contributed by atoms with Crippen LogP contribution in [0.1, 0.15) is 37.4 Å². The monoisotopic (exact) mass is 1140 g/mol. The molecule has 0 aliphatic carbocycles. The molecule has 1 N–H and O–H groups in total. The lowest BCUT2D eigenvalue weighted by molar-refractivity contribution is -0.127. The second kappa shape index (κ2) is 27.7. The van der Waals surface area contributed by atoms with Crippen molar-refractivity contribution < 1.29 is 37.5 Å². The van der Waals surface area contributed by atoms with Crippen LogP contribution in [0.25, 0.3) is 21.8 Å². The number of Topliss-reactive ketones (excluding diaryl/α,β-unsaturated/α-hetero) is 2. The number of fused-ring (bicyclic) bond motifs is 3. The van der Waals surface area contributed by atoms with Crippen molar-refractivity contribution in [2.75, 3.05) is 28.7 Å². The number of amides is 1. The number of hydrogen-bond acceptors (Lipinski definition) is 12. The lowest BCUT2D eigenvalue weighted by Crippen LogP contribution is -2.37. The van der Waals surface area contributed by atoms with E-state index in [1.165, 1.54) is 65.6 Å². The van der Waals surface area contributed by atoms with Crippen molar-refractivity contribution in [1.29, 1.82) is 0 Å². The number of carbonyl (C=O) groups excluding carboxylic acids is 6. The molecule has 9 aromatic rings. The maximum atomic E-state index is 13.3. The molecule has 0 saturated carbocycles. The zero-order valence-corrected chi connectivity index (χ0v) is 44.8. The van der Waals surface area contributed by atoms with E-state index in [1.807, 2.05) is 50.5 Å². The molecule has 0 spiro atoms. The topological polar surface area (TPSA) is 182 Å². The molecular formula is C55H44Cl5F2N9O6. The Morgan fingerprint density at radius 2 is 1.08 bits per heavy atom. The van der Waals surface area contributed by atoms with Crippen molar-refractivity contribution in [3.63, 3.8) is 0 Å². The molecule has 0 radical (unpaired) electrons. The molecule has 0 atom stereocenters. The summed E-state index contributed by atoms with van der Waals surface area (Å²) in [6.45, 7) is 1.76. The normalized spacial score (nSPS) is 11.0. The zero-order valence-electron chi connectivity index (χ0n) is 41.0. The Kier molecular flexibility index (Phi) is 21.0. The van der Waals surface area contributed by atoms with Crippen LogP contribution in [-0.4, -0.2) is 75.9 Å². The van der Waals surface area contributed by atoms with Crippen LogP contribution in [-0.2, 0) is 52.8 Å². The SMILES string of the molecule is CN1CCc2ccccc21.Cn1cc(C(=O)C(=O)Cl)c2ccccc21.Cn1cc(C(=O)C(=O)N(Cc2ccc(F)cc2)c2ccnc(Cl)n2)c2ccccc21.Fc1ccc(CNc2ccnc(Cl)n2)cc1.O=C(Cl)C(=O)Cl. The fourth-order valence-corrected chi connectivity index (χ4v) is 8.02. The zero-order chi connectivity index (χ0) is 55.8. The van der Waals surface area contributed by atoms with Crippen LogP contribution in [0.4, 0.5) is 26.1 Å². The van der Waals surface area contributed by atoms with Gasteiger partial charge in [0.15, 0.2) is 0 Å². The van der Waals surface area contributed by atoms with E-state index >= 15 is 0 Å². The van der Waals surface area contributed by atoms with Crippen molar-refractivity contribution in [3.05, 3.63) is 208 Å². The first-order valence-electron chi connectivity index (χ1n) is 22.9. The highest BCUT2D eigenvalue weighted by Gasteiger charge is 2.28. The molecule has 5 aromatic carbocycles. The average molecular weight is 1140 g/mol. The summed E-state index contributed by atoms with van der Waals surface area (Å²) in [4.78, 5) is 86.7. The summed E-state index contributed by atoms with van der Waals surface area (Å²) in [6.07, 6.45) is 7.44. The molecule has 0 unspecified atom stereocenters. The second-order valence-corrected chi connectivity index (χ2v) is 18.2. The van der Waals surface area contributed by atoms with E-state index in [9.17, 15) is 37.5 Å². The number of carbonyl (C=O) groups is 6. The number of benzene rings is 5. The molecule has 4 aromatic heterocycles. The number of nitrogens with one attached hydrogen (secondary N) is 1. The molecule has 77 heavy (non-hydrogen) atoms. The van der Waals surface area contributed by atoms with Gasteiger partial charge in [0.2, 0.25) is 16.4 Å². The first kappa shape index (κ1) is 58.3. The van der Waals surface area contributed by atoms with Crippen molar-refractivity contribution >= 4 is 130 Å². The smallest absolute Gasteiger partial charge is 0.304 e. The lowest BCUT2D eigenvalue weighted by Gasteiger charge is -2.21. The molecule has 5 heterocycles. The number of rotatable bonds is 11. The van der Waals surface area contributed by atoms with Gasteiger partial charge in [-0.25, -0.2) is 28.7 Å². The maximum absolute atomic E-state index is 13.3. The number of aromatic nitrogens is 6. The van der Waals surface area contributed by atoms with Crippen molar-refractivity contribution in [1.82, 2.24) is 29.1 Å². The van der Waals surface area contributed by atoms with Gasteiger partial charge in [0.1, 0.15) is 23.3 Å². The molecule has 0 saturated heterocycles. The highest BCUT2D eigenvalue weighted by atomic mass is 35.5. The van der Waals surface area contributed by atoms with E-state index in [0.717, 1.165) is 22.0 Å². The Bertz CT molecular complexity index is 3570. The van der Waals surface area contributed by atoms with Crippen LogP contribution in [0, 0.1) is 11.6 Å². The van der Waals surface area contributed by atoms with Gasteiger partial charge in [0, 0.05) is 86.5 Å². The Labute approximate surface area is 465 Å². The minimum Gasteiger partial charge on any atom is -0.374 e. The van der Waals surface area contributed by atoms with E-state index in [-0.39, 0.29) is 28.7 Å². The van der Waals surface area contributed by atoms with Crippen LogP contribution in [0.2, 0.25) is 10.6 Å². The minimum absolute atomic E-state index is 0.0168. The second-order valence-electron chi connectivity index (χ2n) is 16.5. The predicted molar refractivity (Wildman–Crippen MR) is 296 cm³/mol. The van der Waals surface area contributed by atoms with Crippen LogP contribution >= 0.6 is 58.0 Å². The fraction of sp³-hybridized carbons (Fsp3) is 0.127. The molecule has 10 rings (SSSR count). The van der Waals surface area contributed by atoms with Gasteiger partial charge in [0.25, 0.3) is 11.0 Å². The molecule has 394 valence electrons. The van der Waals surface area contributed by atoms with Gasteiger partial charge in [-0.05, 0) is 136 Å². The summed E-state index contributed by atoms with van der Waals surface area (Å²) in [5, 5.41) is 1.40. The van der Waals surface area contributed by atoms with Gasteiger partial charge < -0.3 is 19.4 Å². The number of aryl methyl sites for hydroxylation is 2. The highest BCUT2D eigenvalue weighted by molar-refractivity contribution is 6.97. The van der Waals surface area contributed by atoms with Crippen LogP contribution in [0.5, 0.6) is 0 Å². The molecule has 1 aliphatic rings. The number of nitrogens with zero attached hydrogens (tertiary/aromatic N) is 8. The summed E-state index contributed by atoms with van der Waals surface area (Å²) in [6, 6.07) is 38.4. The summed E-state index contributed by atoms with van der Waals surface area (Å²) in [5.41, 5.74) is 6.88. The van der Waals surface area contributed by atoms with Crippen molar-refractivity contribution in [2.45, 2.75) is 19.5 Å². The molecule has 22 heteroatoms. The van der Waals surface area contributed by atoms with E-state index in [0.29, 0.717) is 34.4 Å². The highest BCUT2D eigenvalue weighted by Crippen LogP contribution is 2.26. The number of para-hydroxylation sites is 3. The summed E-state index contributed by atoms with van der Waals surface area (Å²) >= 11 is 25.7. The largest absolute Gasteiger partial charge is 0.374 e. The number of anilines is 3. The lowest BCUT2D eigenvalue weighted by atomic mass is 10.1. The minimum atomic E-state index is -1.14. The van der Waals surface area contributed by atoms with E-state index in [2.05, 4.69) is 84.7 Å². The van der Waals surface area contributed by atoms with Crippen molar-refractivity contribution in [3.8, 4) is 0 Å². The average Bonchev–Trinajstić information content (AvgIpc) is 4.16. The van der Waals surface area contributed by atoms with Crippen LogP contribution < -0.4 is 15.1 Å². The Hall–Kier alpha value is -7.93. The first-order chi connectivity index (χ1) is 36.8.